The Labute approximate surface area is 394 Å². The van der Waals surface area contributed by atoms with Gasteiger partial charge in [0, 0.05) is 45.6 Å². The molecule has 0 bridgehead atoms. The molecule has 9 rings (SSSR count). The molecule has 0 radical (unpaired) electrons. The molecule has 0 aliphatic rings. The largest absolute Gasteiger partial charge is 0.507 e. The quantitative estimate of drug-likeness (QED) is 0.154. The Hall–Kier alpha value is -6.35. The number of para-hydroxylation sites is 1. The molecule has 0 saturated carbocycles. The van der Waals surface area contributed by atoms with E-state index in [4.69, 9.17) is 9.97 Å². The molecule has 5 heteroatoms. The van der Waals surface area contributed by atoms with Gasteiger partial charge in [0.15, 0.2) is 0 Å². The molecule has 0 fully saturated rings. The molecule has 1 N–H and O–H groups in total. The molecule has 2 aromatic heterocycles. The van der Waals surface area contributed by atoms with E-state index in [-0.39, 0.29) is 37.6 Å². The van der Waals surface area contributed by atoms with Crippen LogP contribution in [0.4, 0.5) is 0 Å². The number of aromatic nitrogens is 3. The standard InChI is InChI=1S/C59H54N3O.Pt/c1-38(2)50-37-47(27-28-48(50)41-23-16-11-17-24-41)62-54-26-18-25-49(55(54)61-57(62)51-35-46(58(3,4)5)36-52(56(51)63)59(6,7)8)44-31-43(40-21-14-10-15-22-40)32-45(33-44)53-34-42(29-30-60-53)39-19-12-9-13-20-39;/h9-32,34-38,63H,1-8H3;/q-1;/i38D;. The van der Waals surface area contributed by atoms with E-state index in [9.17, 15) is 6.48 Å². The fourth-order valence-electron chi connectivity index (χ4n) is 8.56. The molecule has 7 aromatic carbocycles. The van der Waals surface area contributed by atoms with Gasteiger partial charge in [-0.05, 0) is 86.0 Å². The van der Waals surface area contributed by atoms with E-state index in [1.807, 2.05) is 56.4 Å². The molecule has 0 unspecified atom stereocenters. The van der Waals surface area contributed by atoms with E-state index in [1.54, 1.807) is 0 Å². The summed E-state index contributed by atoms with van der Waals surface area (Å²) in [5.74, 6) is -0.0923. The second-order valence-electron chi connectivity index (χ2n) is 18.8. The summed E-state index contributed by atoms with van der Waals surface area (Å²) in [6.07, 6.45) is 1.87. The fraction of sp³-hybridized carbons (Fsp3) is 0.186. The number of phenols is 1. The molecule has 0 atom stereocenters. The van der Waals surface area contributed by atoms with Gasteiger partial charge in [0.2, 0.25) is 0 Å². The van der Waals surface area contributed by atoms with E-state index < -0.39 is 5.89 Å². The zero-order valence-electron chi connectivity index (χ0n) is 38.8. The molecule has 0 aliphatic carbocycles. The Balaban J connectivity index is 0.00000576. The van der Waals surface area contributed by atoms with Gasteiger partial charge in [0.25, 0.3) is 0 Å². The Morgan fingerprint density at radius 2 is 1.20 bits per heavy atom. The smallest absolute Gasteiger partial charge is 0.148 e. The van der Waals surface area contributed by atoms with E-state index in [0.717, 1.165) is 89.2 Å². The third-order valence-electron chi connectivity index (χ3n) is 12.0. The van der Waals surface area contributed by atoms with Crippen LogP contribution in [0.3, 0.4) is 0 Å². The predicted octanol–water partition coefficient (Wildman–Crippen LogP) is 15.6. The van der Waals surface area contributed by atoms with Crippen LogP contribution in [0.25, 0.3) is 83.9 Å². The molecular weight excluding hydrogens is 962 g/mol. The van der Waals surface area contributed by atoms with Crippen molar-refractivity contribution in [1.29, 1.82) is 0 Å². The van der Waals surface area contributed by atoms with Crippen LogP contribution in [0.5, 0.6) is 5.75 Å². The maximum atomic E-state index is 12.5. The monoisotopic (exact) mass is 1020 g/mol. The van der Waals surface area contributed by atoms with Gasteiger partial charge < -0.3 is 5.11 Å². The van der Waals surface area contributed by atoms with Gasteiger partial charge >= 0.3 is 0 Å². The summed E-state index contributed by atoms with van der Waals surface area (Å²) in [6.45, 7) is 16.9. The van der Waals surface area contributed by atoms with Crippen molar-refractivity contribution in [2.45, 2.75) is 72.1 Å². The first-order chi connectivity index (χ1) is 30.5. The van der Waals surface area contributed by atoms with Crippen molar-refractivity contribution in [3.8, 4) is 78.6 Å². The fourth-order valence-corrected chi connectivity index (χ4v) is 8.56. The Morgan fingerprint density at radius 1 is 0.578 bits per heavy atom. The van der Waals surface area contributed by atoms with Gasteiger partial charge in [-0.15, -0.1) is 23.8 Å². The zero-order valence-corrected chi connectivity index (χ0v) is 40.0. The number of rotatable bonds is 8. The van der Waals surface area contributed by atoms with Crippen LogP contribution in [-0.2, 0) is 31.9 Å². The number of phenolic OH excluding ortho intramolecular Hbond substituents is 1. The summed E-state index contributed by atoms with van der Waals surface area (Å²) in [6, 6.07) is 60.4. The molecule has 0 aliphatic heterocycles. The third kappa shape index (κ3) is 8.65. The number of benzene rings is 7. The Kier molecular flexibility index (Phi) is 11.8. The molecular formula is C59H54N3OPt-. The van der Waals surface area contributed by atoms with Crippen LogP contribution in [0, 0.1) is 6.07 Å². The van der Waals surface area contributed by atoms with Crippen molar-refractivity contribution < 1.29 is 27.5 Å². The average Bonchev–Trinajstić information content (AvgIpc) is 3.68. The Bertz CT molecular complexity index is 3160. The van der Waals surface area contributed by atoms with Crippen molar-refractivity contribution in [3.05, 3.63) is 193 Å². The van der Waals surface area contributed by atoms with Crippen molar-refractivity contribution in [3.63, 3.8) is 0 Å². The molecule has 9 aromatic rings. The molecule has 64 heavy (non-hydrogen) atoms. The molecule has 0 spiro atoms. The molecule has 0 amide bonds. The second kappa shape index (κ2) is 17.7. The topological polar surface area (TPSA) is 50.9 Å². The van der Waals surface area contributed by atoms with Crippen LogP contribution < -0.4 is 0 Å². The summed E-state index contributed by atoms with van der Waals surface area (Å²) in [4.78, 5) is 10.5. The molecule has 0 saturated heterocycles. The van der Waals surface area contributed by atoms with Crippen LogP contribution in [0.1, 0.15) is 79.3 Å². The maximum Gasteiger partial charge on any atom is 0.148 e. The normalized spacial score (nSPS) is 12.2. The van der Waals surface area contributed by atoms with Gasteiger partial charge in [-0.25, -0.2) is 4.98 Å². The van der Waals surface area contributed by atoms with E-state index in [1.165, 1.54) is 0 Å². The minimum Gasteiger partial charge on any atom is -0.507 e. The first-order valence-corrected chi connectivity index (χ1v) is 21.8. The van der Waals surface area contributed by atoms with Crippen LogP contribution in [0.15, 0.2) is 170 Å². The minimum absolute atomic E-state index is 0. The van der Waals surface area contributed by atoms with Gasteiger partial charge in [-0.1, -0.05) is 193 Å². The zero-order chi connectivity index (χ0) is 45.0. The summed E-state index contributed by atoms with van der Waals surface area (Å²) in [7, 11) is 0. The number of pyridine rings is 1. The summed E-state index contributed by atoms with van der Waals surface area (Å²) in [5, 5.41) is 12.5. The number of aromatic hydroxyl groups is 1. The maximum absolute atomic E-state index is 12.5. The number of imidazole rings is 1. The first kappa shape index (κ1) is 42.9. The van der Waals surface area contributed by atoms with Crippen LogP contribution >= 0.6 is 0 Å². The van der Waals surface area contributed by atoms with Crippen molar-refractivity contribution in [1.82, 2.24) is 14.5 Å². The van der Waals surface area contributed by atoms with Crippen LogP contribution in [-0.4, -0.2) is 19.6 Å². The van der Waals surface area contributed by atoms with Crippen molar-refractivity contribution in [2.75, 3.05) is 0 Å². The van der Waals surface area contributed by atoms with Gasteiger partial charge in [-0.2, -0.15) is 0 Å². The SMILES string of the molecule is [2H]C(C)(C)c1cc(-n2c(-c3cc(C(C)(C)C)cc(C(C)(C)C)c3O)nc3c(-c4[c-]c(-c5cc(-c6ccccc6)ccn5)cc(-c5ccccc5)c4)cccc32)ccc1-c1ccccc1.[Pt]. The summed E-state index contributed by atoms with van der Waals surface area (Å²) in [5.41, 5.74) is 15.3. The van der Waals surface area contributed by atoms with E-state index >= 15 is 0 Å². The number of hydrogen-bond acceptors (Lipinski definition) is 3. The molecule has 4 nitrogen and oxygen atoms in total. The first-order valence-electron chi connectivity index (χ1n) is 22.3. The average molecular weight is 1020 g/mol. The van der Waals surface area contributed by atoms with Gasteiger partial charge in [0.1, 0.15) is 11.6 Å². The van der Waals surface area contributed by atoms with Gasteiger partial charge in [-0.3, -0.25) is 9.55 Å². The minimum atomic E-state index is -0.925. The van der Waals surface area contributed by atoms with Crippen molar-refractivity contribution in [2.24, 2.45) is 0 Å². The molecule has 322 valence electrons. The van der Waals surface area contributed by atoms with E-state index in [0.29, 0.717) is 11.4 Å². The summed E-state index contributed by atoms with van der Waals surface area (Å²) >= 11 is 0. The number of fused-ring (bicyclic) bond motifs is 1. The van der Waals surface area contributed by atoms with Crippen molar-refractivity contribution >= 4 is 11.0 Å². The van der Waals surface area contributed by atoms with Gasteiger partial charge in [0.05, 0.1) is 16.6 Å². The van der Waals surface area contributed by atoms with E-state index in [2.05, 4.69) is 180 Å². The predicted molar refractivity (Wildman–Crippen MR) is 263 cm³/mol. The summed E-state index contributed by atoms with van der Waals surface area (Å²) < 4.78 is 11.6. The Morgan fingerprint density at radius 3 is 1.83 bits per heavy atom. The number of hydrogen-bond donors (Lipinski definition) is 1. The third-order valence-corrected chi connectivity index (χ3v) is 12.0. The van der Waals surface area contributed by atoms with Crippen LogP contribution in [0.2, 0.25) is 0 Å². The molecule has 2 heterocycles. The number of nitrogens with zero attached hydrogens (tertiary/aromatic N) is 3. The second-order valence-corrected chi connectivity index (χ2v) is 18.8.